The molecule has 236 valence electrons. The Morgan fingerprint density at radius 3 is 2.40 bits per heavy atom. The Labute approximate surface area is 250 Å². The highest BCUT2D eigenvalue weighted by Gasteiger charge is 2.49. The number of amides is 1. The van der Waals surface area contributed by atoms with Gasteiger partial charge in [0.25, 0.3) is 11.8 Å². The predicted molar refractivity (Wildman–Crippen MR) is 145 cm³/mol. The van der Waals surface area contributed by atoms with E-state index in [2.05, 4.69) is 10.1 Å². The Morgan fingerprint density at radius 1 is 1.02 bits per heavy atom. The number of aromatic nitrogens is 3. The van der Waals surface area contributed by atoms with Crippen molar-refractivity contribution in [1.29, 1.82) is 0 Å². The maximum atomic E-state index is 14.6. The zero-order chi connectivity index (χ0) is 32.7. The van der Waals surface area contributed by atoms with E-state index < -0.39 is 83.4 Å². The fourth-order valence-corrected chi connectivity index (χ4v) is 5.72. The number of hydrogen-bond acceptors (Lipinski definition) is 4. The molecule has 6 nitrogen and oxygen atoms in total. The number of nitrogens with two attached hydrogens (primary N) is 1. The molecule has 0 saturated heterocycles. The predicted octanol–water partition coefficient (Wildman–Crippen LogP) is 6.89. The van der Waals surface area contributed by atoms with Gasteiger partial charge in [-0.15, -0.1) is 0 Å². The Morgan fingerprint density at radius 2 is 1.73 bits per heavy atom. The molecule has 2 aromatic heterocycles. The van der Waals surface area contributed by atoms with Crippen LogP contribution in [0.25, 0.3) is 11.1 Å². The standard InChI is InChI=1S/C31H24F8N4O2/c32-19-10-16(11-20(33)14-19)9-18(27-22(3-2-8-41-27)17-5-6-24(34)23(13-17)29(40)45)12-21(44)15-43-25-4-1-7-30(35,36)26(25)28(42-43)31(37,38)39/h2-3,5-6,8,10-11,13-14,18H,1,4,7,9,12,15H2,(H2,40,45)/t18-/m1/s1. The fraction of sp³-hybridized carbons (Fsp3) is 0.290. The Bertz CT molecular complexity index is 1760. The van der Waals surface area contributed by atoms with E-state index in [9.17, 15) is 44.7 Å². The van der Waals surface area contributed by atoms with Gasteiger partial charge in [0.15, 0.2) is 11.5 Å². The number of primary amides is 1. The van der Waals surface area contributed by atoms with Crippen LogP contribution in [0.5, 0.6) is 0 Å². The van der Waals surface area contributed by atoms with Crippen molar-refractivity contribution in [2.45, 2.75) is 56.7 Å². The zero-order valence-corrected chi connectivity index (χ0v) is 23.3. The van der Waals surface area contributed by atoms with Gasteiger partial charge in [0.05, 0.1) is 23.4 Å². The summed E-state index contributed by atoms with van der Waals surface area (Å²) in [4.78, 5) is 29.6. The molecule has 2 aromatic carbocycles. The van der Waals surface area contributed by atoms with Crippen molar-refractivity contribution in [2.75, 3.05) is 0 Å². The lowest BCUT2D eigenvalue weighted by atomic mass is 9.86. The monoisotopic (exact) mass is 636 g/mol. The average Bonchev–Trinajstić information content (AvgIpc) is 3.32. The molecule has 1 aliphatic rings. The number of pyridine rings is 1. The van der Waals surface area contributed by atoms with Crippen LogP contribution in [0.2, 0.25) is 0 Å². The van der Waals surface area contributed by atoms with Gasteiger partial charge in [-0.3, -0.25) is 19.3 Å². The van der Waals surface area contributed by atoms with Crippen molar-refractivity contribution in [3.05, 3.63) is 106 Å². The SMILES string of the molecule is NC(=O)c1cc(-c2cccnc2[C@@H](CC(=O)Cn2nc(C(F)(F)F)c3c2CCCC3(F)F)Cc2cc(F)cc(F)c2)ccc1F. The van der Waals surface area contributed by atoms with Gasteiger partial charge in [-0.1, -0.05) is 12.1 Å². The lowest BCUT2D eigenvalue weighted by Gasteiger charge is -2.24. The molecule has 0 fully saturated rings. The maximum absolute atomic E-state index is 14.6. The number of hydrogen-bond donors (Lipinski definition) is 1. The van der Waals surface area contributed by atoms with Crippen LogP contribution in [0.15, 0.2) is 54.7 Å². The van der Waals surface area contributed by atoms with Crippen LogP contribution in [0.3, 0.4) is 0 Å². The van der Waals surface area contributed by atoms with Gasteiger partial charge in [-0.25, -0.2) is 22.0 Å². The molecular formula is C31H24F8N4O2. The minimum atomic E-state index is -5.19. The summed E-state index contributed by atoms with van der Waals surface area (Å²) in [6, 6.07) is 9.29. The molecule has 4 aromatic rings. The highest BCUT2D eigenvalue weighted by Crippen LogP contribution is 2.46. The first-order chi connectivity index (χ1) is 21.1. The van der Waals surface area contributed by atoms with Gasteiger partial charge in [0.2, 0.25) is 0 Å². The van der Waals surface area contributed by atoms with Crippen molar-refractivity contribution >= 4 is 11.7 Å². The first-order valence-electron chi connectivity index (χ1n) is 13.7. The number of nitrogens with zero attached hydrogens (tertiary/aromatic N) is 3. The van der Waals surface area contributed by atoms with Gasteiger partial charge in [-0.05, 0) is 60.7 Å². The van der Waals surface area contributed by atoms with Crippen LogP contribution in [-0.4, -0.2) is 26.5 Å². The summed E-state index contributed by atoms with van der Waals surface area (Å²) in [6.07, 6.45) is -5.53. The molecule has 2 heterocycles. The Hall–Kier alpha value is -4.62. The molecule has 1 aliphatic carbocycles. The molecule has 0 radical (unpaired) electrons. The minimum absolute atomic E-state index is 0.118. The van der Waals surface area contributed by atoms with Crippen LogP contribution < -0.4 is 5.73 Å². The number of benzene rings is 2. The summed E-state index contributed by atoms with van der Waals surface area (Å²) >= 11 is 0. The van der Waals surface area contributed by atoms with Crippen LogP contribution in [-0.2, 0) is 36.3 Å². The van der Waals surface area contributed by atoms with Crippen molar-refractivity contribution in [3.8, 4) is 11.1 Å². The second kappa shape index (κ2) is 12.1. The van der Waals surface area contributed by atoms with E-state index in [0.29, 0.717) is 16.3 Å². The second-order valence-electron chi connectivity index (χ2n) is 10.8. The first kappa shape index (κ1) is 31.8. The Balaban J connectivity index is 1.54. The van der Waals surface area contributed by atoms with E-state index in [1.807, 2.05) is 0 Å². The van der Waals surface area contributed by atoms with Crippen molar-refractivity contribution < 1.29 is 44.7 Å². The largest absolute Gasteiger partial charge is 0.435 e. The molecule has 1 amide bonds. The number of Topliss-reactive ketones (excluding diaryl/α,β-unsaturated/α-hetero) is 1. The molecule has 2 N–H and O–H groups in total. The van der Waals surface area contributed by atoms with Crippen LogP contribution in [0.4, 0.5) is 35.1 Å². The highest BCUT2D eigenvalue weighted by atomic mass is 19.4. The van der Waals surface area contributed by atoms with Crippen LogP contribution >= 0.6 is 0 Å². The molecular weight excluding hydrogens is 612 g/mol. The van der Waals surface area contributed by atoms with E-state index in [-0.39, 0.29) is 41.8 Å². The van der Waals surface area contributed by atoms with Crippen LogP contribution in [0.1, 0.15) is 63.7 Å². The van der Waals surface area contributed by atoms with Gasteiger partial charge in [-0.2, -0.15) is 18.3 Å². The summed E-state index contributed by atoms with van der Waals surface area (Å²) in [6.45, 7) is -0.785. The summed E-state index contributed by atoms with van der Waals surface area (Å²) in [5, 5.41) is 3.38. The highest BCUT2D eigenvalue weighted by molar-refractivity contribution is 5.94. The molecule has 0 aliphatic heterocycles. The van der Waals surface area contributed by atoms with Gasteiger partial charge >= 0.3 is 6.18 Å². The molecule has 1 atom stereocenters. The molecule has 0 unspecified atom stereocenters. The van der Waals surface area contributed by atoms with Crippen LogP contribution in [0, 0.1) is 17.5 Å². The average molecular weight is 637 g/mol. The van der Waals surface area contributed by atoms with E-state index >= 15 is 0 Å². The third kappa shape index (κ3) is 6.74. The molecule has 0 bridgehead atoms. The molecule has 0 spiro atoms. The number of alkyl halides is 5. The first-order valence-corrected chi connectivity index (χ1v) is 13.7. The number of halogens is 8. The third-order valence-corrected chi connectivity index (χ3v) is 7.57. The van der Waals surface area contributed by atoms with Crippen molar-refractivity contribution in [1.82, 2.24) is 14.8 Å². The quantitative estimate of drug-likeness (QED) is 0.203. The second-order valence-corrected chi connectivity index (χ2v) is 10.8. The number of carbonyl (C=O) groups excluding carboxylic acids is 2. The van der Waals surface area contributed by atoms with E-state index in [1.54, 1.807) is 6.07 Å². The number of rotatable bonds is 9. The molecule has 5 rings (SSSR count). The maximum Gasteiger partial charge on any atom is 0.435 e. The smallest absolute Gasteiger partial charge is 0.366 e. The van der Waals surface area contributed by atoms with Crippen molar-refractivity contribution in [3.63, 3.8) is 0 Å². The summed E-state index contributed by atoms with van der Waals surface area (Å²) < 4.78 is 113. The van der Waals surface area contributed by atoms with Gasteiger partial charge in [0, 0.05) is 42.3 Å². The fourth-order valence-electron chi connectivity index (χ4n) is 5.72. The lowest BCUT2D eigenvalue weighted by Crippen LogP contribution is -2.25. The van der Waals surface area contributed by atoms with Gasteiger partial charge in [0.1, 0.15) is 17.5 Å². The lowest BCUT2D eigenvalue weighted by molar-refractivity contribution is -0.146. The van der Waals surface area contributed by atoms with Crippen molar-refractivity contribution in [2.24, 2.45) is 5.73 Å². The number of carbonyl (C=O) groups is 2. The minimum Gasteiger partial charge on any atom is -0.366 e. The summed E-state index contributed by atoms with van der Waals surface area (Å²) in [5.74, 6) is -9.20. The zero-order valence-electron chi connectivity index (χ0n) is 23.3. The van der Waals surface area contributed by atoms with E-state index in [0.717, 1.165) is 18.2 Å². The summed E-state index contributed by atoms with van der Waals surface area (Å²) in [7, 11) is 0. The van der Waals surface area contributed by atoms with E-state index in [1.165, 1.54) is 24.4 Å². The van der Waals surface area contributed by atoms with E-state index in [4.69, 9.17) is 5.73 Å². The molecule has 14 heteroatoms. The third-order valence-electron chi connectivity index (χ3n) is 7.57. The van der Waals surface area contributed by atoms with Gasteiger partial charge < -0.3 is 5.73 Å². The molecule has 0 saturated carbocycles. The Kier molecular flexibility index (Phi) is 8.51. The number of fused-ring (bicyclic) bond motifs is 1. The number of ketones is 1. The topological polar surface area (TPSA) is 90.9 Å². The molecule has 45 heavy (non-hydrogen) atoms. The summed E-state index contributed by atoms with van der Waals surface area (Å²) in [5.41, 5.74) is 2.36. The normalized spacial score (nSPS) is 15.0.